The summed E-state index contributed by atoms with van der Waals surface area (Å²) in [5.41, 5.74) is 4.10. The van der Waals surface area contributed by atoms with Crippen molar-refractivity contribution in [1.29, 1.82) is 0 Å². The number of carbonyl (C=O) groups excluding carboxylic acids is 1. The third kappa shape index (κ3) is 3.48. The molecule has 2 aromatic rings. The first kappa shape index (κ1) is 21.0. The number of nitrogens with two attached hydrogens (primary N) is 1. The lowest BCUT2D eigenvalue weighted by atomic mass is 9.72. The molecule has 7 nitrogen and oxygen atoms in total. The van der Waals surface area contributed by atoms with Crippen molar-refractivity contribution >= 4 is 11.9 Å². The normalized spacial score (nSPS) is 25.8. The van der Waals surface area contributed by atoms with Gasteiger partial charge in [0.25, 0.3) is 5.95 Å². The van der Waals surface area contributed by atoms with Gasteiger partial charge < -0.3 is 15.2 Å². The highest BCUT2D eigenvalue weighted by Gasteiger charge is 2.54. The number of guanidine groups is 1. The Morgan fingerprint density at radius 2 is 1.94 bits per heavy atom. The van der Waals surface area contributed by atoms with E-state index >= 15 is 0 Å². The van der Waals surface area contributed by atoms with Crippen molar-refractivity contribution in [3.8, 4) is 11.5 Å². The van der Waals surface area contributed by atoms with Crippen LogP contribution in [0.2, 0.25) is 0 Å². The molecular weight excluding hydrogens is 420 g/mol. The van der Waals surface area contributed by atoms with Crippen LogP contribution in [0.5, 0.6) is 11.5 Å². The smallest absolute Gasteiger partial charge is 0.256 e. The highest BCUT2D eigenvalue weighted by Crippen LogP contribution is 2.46. The topological polar surface area (TPSA) is 90.0 Å². The molecule has 2 aliphatic heterocycles. The largest absolute Gasteiger partial charge is 0.449 e. The van der Waals surface area contributed by atoms with Crippen LogP contribution < -0.4 is 10.5 Å². The van der Waals surface area contributed by atoms with Crippen LogP contribution in [0.4, 0.5) is 17.6 Å². The third-order valence-corrected chi connectivity index (χ3v) is 5.50. The standard InChI is InChI=1S/C20H18F4N4O3/c1-9-3-12-18(29)28(2)19(25)27-20(12,8-30-9)11-5-15(14(23)6-13(11)22)31-16-4-10(21)7-26-17(16)24/h4-7,9,12H,3,8H2,1-2H3,(H2,25,27)/t9-,12?,20+/m0/s1. The van der Waals surface area contributed by atoms with E-state index in [0.717, 1.165) is 11.0 Å². The Morgan fingerprint density at radius 1 is 1.19 bits per heavy atom. The van der Waals surface area contributed by atoms with Gasteiger partial charge in [0, 0.05) is 24.7 Å². The molecule has 0 bridgehead atoms. The van der Waals surface area contributed by atoms with Crippen LogP contribution in [0.3, 0.4) is 0 Å². The number of nitrogens with zero attached hydrogens (tertiary/aromatic N) is 3. The van der Waals surface area contributed by atoms with Gasteiger partial charge in [-0.05, 0) is 19.4 Å². The molecule has 1 fully saturated rings. The number of hydrogen-bond acceptors (Lipinski definition) is 6. The number of aliphatic imine (C=N–C) groups is 1. The van der Waals surface area contributed by atoms with Gasteiger partial charge in [-0.2, -0.15) is 4.39 Å². The predicted octanol–water partition coefficient (Wildman–Crippen LogP) is 2.84. The van der Waals surface area contributed by atoms with E-state index in [1.165, 1.54) is 7.05 Å². The molecule has 1 unspecified atom stereocenters. The van der Waals surface area contributed by atoms with Crippen LogP contribution in [0, 0.1) is 29.3 Å². The number of fused-ring (bicyclic) bond motifs is 1. The van der Waals surface area contributed by atoms with Crippen LogP contribution >= 0.6 is 0 Å². The van der Waals surface area contributed by atoms with E-state index in [1.54, 1.807) is 6.92 Å². The molecule has 1 saturated heterocycles. The Bertz CT molecular complexity index is 1100. The van der Waals surface area contributed by atoms with Gasteiger partial charge in [-0.1, -0.05) is 0 Å². The maximum atomic E-state index is 15.0. The molecule has 4 rings (SSSR count). The molecule has 1 aromatic heterocycles. The zero-order valence-corrected chi connectivity index (χ0v) is 16.5. The zero-order valence-electron chi connectivity index (χ0n) is 16.5. The van der Waals surface area contributed by atoms with Crippen LogP contribution in [-0.2, 0) is 15.1 Å². The lowest BCUT2D eigenvalue weighted by Crippen LogP contribution is -2.59. The molecule has 0 saturated carbocycles. The van der Waals surface area contributed by atoms with E-state index in [0.29, 0.717) is 18.3 Å². The second kappa shape index (κ2) is 7.49. The van der Waals surface area contributed by atoms with Gasteiger partial charge in [0.2, 0.25) is 5.91 Å². The average molecular weight is 438 g/mol. The van der Waals surface area contributed by atoms with Gasteiger partial charge in [-0.25, -0.2) is 23.1 Å². The zero-order chi connectivity index (χ0) is 22.5. The predicted molar refractivity (Wildman–Crippen MR) is 100 cm³/mol. The summed E-state index contributed by atoms with van der Waals surface area (Å²) in [7, 11) is 1.44. The number of amides is 1. The second-order valence-corrected chi connectivity index (χ2v) is 7.51. The first-order chi connectivity index (χ1) is 14.6. The lowest BCUT2D eigenvalue weighted by Gasteiger charge is -2.46. The summed E-state index contributed by atoms with van der Waals surface area (Å²) in [6, 6.07) is 2.15. The van der Waals surface area contributed by atoms with E-state index in [-0.39, 0.29) is 30.7 Å². The van der Waals surface area contributed by atoms with E-state index < -0.39 is 52.3 Å². The molecule has 164 valence electrons. The van der Waals surface area contributed by atoms with Crippen molar-refractivity contribution in [2.75, 3.05) is 13.7 Å². The summed E-state index contributed by atoms with van der Waals surface area (Å²) >= 11 is 0. The van der Waals surface area contributed by atoms with E-state index in [2.05, 4.69) is 9.98 Å². The fourth-order valence-corrected chi connectivity index (χ4v) is 3.86. The quantitative estimate of drug-likeness (QED) is 0.588. The fraction of sp³-hybridized carbons (Fsp3) is 0.350. The van der Waals surface area contributed by atoms with E-state index in [4.69, 9.17) is 15.2 Å². The van der Waals surface area contributed by atoms with Crippen molar-refractivity contribution in [1.82, 2.24) is 9.88 Å². The van der Waals surface area contributed by atoms with Crippen molar-refractivity contribution < 1.29 is 31.8 Å². The number of hydrogen-bond donors (Lipinski definition) is 1. The Kier molecular flexibility index (Phi) is 5.08. The average Bonchev–Trinajstić information content (AvgIpc) is 2.72. The van der Waals surface area contributed by atoms with Crippen molar-refractivity contribution in [3.05, 3.63) is 53.4 Å². The van der Waals surface area contributed by atoms with Crippen molar-refractivity contribution in [2.45, 2.75) is 25.0 Å². The maximum Gasteiger partial charge on any atom is 0.256 e. The van der Waals surface area contributed by atoms with Crippen LogP contribution in [0.15, 0.2) is 29.4 Å². The summed E-state index contributed by atoms with van der Waals surface area (Å²) in [5, 5.41) is 0. The molecular formula is C20H18F4N4O3. The summed E-state index contributed by atoms with van der Waals surface area (Å²) in [4.78, 5) is 21.6. The first-order valence-corrected chi connectivity index (χ1v) is 9.35. The molecule has 2 aliphatic rings. The minimum atomic E-state index is -1.57. The fourth-order valence-electron chi connectivity index (χ4n) is 3.86. The summed E-state index contributed by atoms with van der Waals surface area (Å²) < 4.78 is 67.5. The Morgan fingerprint density at radius 3 is 2.68 bits per heavy atom. The molecule has 0 aliphatic carbocycles. The monoisotopic (exact) mass is 438 g/mol. The number of benzene rings is 1. The van der Waals surface area contributed by atoms with Gasteiger partial charge in [0.1, 0.15) is 17.2 Å². The molecule has 31 heavy (non-hydrogen) atoms. The van der Waals surface area contributed by atoms with E-state index in [9.17, 15) is 22.4 Å². The minimum Gasteiger partial charge on any atom is -0.449 e. The second-order valence-electron chi connectivity index (χ2n) is 7.51. The summed E-state index contributed by atoms with van der Waals surface area (Å²) in [6.45, 7) is 1.56. The number of rotatable bonds is 3. The minimum absolute atomic E-state index is 0.161. The Labute approximate surface area is 174 Å². The third-order valence-electron chi connectivity index (χ3n) is 5.50. The molecule has 0 spiro atoms. The molecule has 2 N–H and O–H groups in total. The molecule has 1 aromatic carbocycles. The summed E-state index contributed by atoms with van der Waals surface area (Å²) in [5.74, 6) is -6.97. The van der Waals surface area contributed by atoms with Crippen molar-refractivity contribution in [2.24, 2.45) is 16.6 Å². The number of carbonyl (C=O) groups is 1. The van der Waals surface area contributed by atoms with Crippen LogP contribution in [0.25, 0.3) is 0 Å². The highest BCUT2D eigenvalue weighted by molar-refractivity contribution is 6.00. The molecule has 1 amide bonds. The number of ether oxygens (including phenoxy) is 2. The Balaban J connectivity index is 1.85. The molecule has 0 radical (unpaired) electrons. The first-order valence-electron chi connectivity index (χ1n) is 9.35. The van der Waals surface area contributed by atoms with Gasteiger partial charge in [0.05, 0.1) is 24.8 Å². The summed E-state index contributed by atoms with van der Waals surface area (Å²) in [6.07, 6.45) is 0.534. The van der Waals surface area contributed by atoms with Gasteiger partial charge in [0.15, 0.2) is 23.3 Å². The van der Waals surface area contributed by atoms with E-state index in [1.807, 2.05) is 0 Å². The van der Waals surface area contributed by atoms with Crippen LogP contribution in [-0.4, -0.2) is 41.5 Å². The maximum absolute atomic E-state index is 15.0. The number of aromatic nitrogens is 1. The van der Waals surface area contributed by atoms with Crippen LogP contribution in [0.1, 0.15) is 18.9 Å². The van der Waals surface area contributed by atoms with Crippen molar-refractivity contribution in [3.63, 3.8) is 0 Å². The van der Waals surface area contributed by atoms with Gasteiger partial charge >= 0.3 is 0 Å². The Hall–Kier alpha value is -3.21. The van der Waals surface area contributed by atoms with Gasteiger partial charge in [-0.15, -0.1) is 0 Å². The number of pyridine rings is 1. The highest BCUT2D eigenvalue weighted by atomic mass is 19.1. The van der Waals surface area contributed by atoms with Gasteiger partial charge in [-0.3, -0.25) is 9.69 Å². The lowest BCUT2D eigenvalue weighted by molar-refractivity contribution is -0.144. The SMILES string of the molecule is C[C@H]1CC2C(=O)N(C)C(N)=N[C@@]2(c2cc(Oc3cc(F)cnc3F)c(F)cc2F)CO1. The number of halogens is 4. The molecule has 11 heteroatoms. The molecule has 3 heterocycles. The molecule has 3 atom stereocenters.